The highest BCUT2D eigenvalue weighted by molar-refractivity contribution is 5.77. The molecule has 2 rings (SSSR count). The zero-order chi connectivity index (χ0) is 14.8. The van der Waals surface area contributed by atoms with Crippen molar-refractivity contribution in [2.24, 2.45) is 0 Å². The van der Waals surface area contributed by atoms with Gasteiger partial charge in [-0.3, -0.25) is 0 Å². The van der Waals surface area contributed by atoms with Gasteiger partial charge in [-0.1, -0.05) is 35.0 Å². The quantitative estimate of drug-likeness (QED) is 0.755. The first kappa shape index (κ1) is 14.0. The van der Waals surface area contributed by atoms with Crippen LogP contribution in [0.2, 0.25) is 0 Å². The van der Waals surface area contributed by atoms with Crippen LogP contribution in [0.5, 0.6) is 0 Å². The number of benzene rings is 1. The average Bonchev–Trinajstić information content (AvgIpc) is 2.86. The summed E-state index contributed by atoms with van der Waals surface area (Å²) in [6.07, 6.45) is 0. The van der Waals surface area contributed by atoms with E-state index < -0.39 is 11.6 Å². The number of rotatable bonds is 5. The maximum absolute atomic E-state index is 10.7. The van der Waals surface area contributed by atoms with Gasteiger partial charge in [0.2, 0.25) is 5.82 Å². The lowest BCUT2D eigenvalue weighted by Gasteiger charge is -2.16. The van der Waals surface area contributed by atoms with Gasteiger partial charge in [-0.15, -0.1) is 0 Å². The highest BCUT2D eigenvalue weighted by Crippen LogP contribution is 2.18. The van der Waals surface area contributed by atoms with Gasteiger partial charge in [0.05, 0.1) is 6.54 Å². The van der Waals surface area contributed by atoms with Crippen molar-refractivity contribution in [3.05, 3.63) is 29.8 Å². The first-order chi connectivity index (χ1) is 9.38. The third-order valence-electron chi connectivity index (χ3n) is 2.78. The minimum absolute atomic E-state index is 0.0575. The Morgan fingerprint density at radius 1 is 1.40 bits per heavy atom. The molecule has 1 aromatic heterocycles. The number of aliphatic hydroxyl groups is 1. The summed E-state index contributed by atoms with van der Waals surface area (Å²) in [7, 11) is 0. The van der Waals surface area contributed by atoms with E-state index >= 15 is 0 Å². The lowest BCUT2D eigenvalue weighted by molar-refractivity contribution is -0.155. The maximum Gasteiger partial charge on any atom is 0.337 e. The summed E-state index contributed by atoms with van der Waals surface area (Å²) >= 11 is 0. The van der Waals surface area contributed by atoms with E-state index in [1.54, 1.807) is 0 Å². The van der Waals surface area contributed by atoms with E-state index in [2.05, 4.69) is 15.5 Å². The van der Waals surface area contributed by atoms with Crippen molar-refractivity contribution in [1.29, 1.82) is 0 Å². The van der Waals surface area contributed by atoms with Crippen molar-refractivity contribution in [1.82, 2.24) is 10.1 Å². The van der Waals surface area contributed by atoms with Gasteiger partial charge in [0.1, 0.15) is 0 Å². The lowest BCUT2D eigenvalue weighted by Crippen LogP contribution is -2.41. The van der Waals surface area contributed by atoms with Gasteiger partial charge in [-0.25, -0.2) is 4.79 Å². The molecule has 1 heterocycles. The second kappa shape index (κ2) is 5.30. The molecule has 20 heavy (non-hydrogen) atoms. The van der Waals surface area contributed by atoms with Crippen LogP contribution in [0.25, 0.3) is 11.4 Å². The van der Waals surface area contributed by atoms with Crippen molar-refractivity contribution in [3.63, 3.8) is 0 Å². The summed E-state index contributed by atoms with van der Waals surface area (Å²) < 4.78 is 4.95. The molecule has 106 valence electrons. The molecule has 0 saturated carbocycles. The normalized spacial score (nSPS) is 13.8. The standard InChI is InChI=1S/C13H15N3O4/c1-8-3-5-9(6-4-8)10-15-12(20-16-10)14-7-13(2,19)11(17)18/h3-6,19H,7H2,1-2H3,(H,17,18)(H,14,15,16). The van der Waals surface area contributed by atoms with E-state index in [9.17, 15) is 9.90 Å². The van der Waals surface area contributed by atoms with Gasteiger partial charge < -0.3 is 20.1 Å². The highest BCUT2D eigenvalue weighted by atomic mass is 16.5. The molecule has 0 fully saturated rings. The monoisotopic (exact) mass is 277 g/mol. The van der Waals surface area contributed by atoms with Crippen LogP contribution in [-0.4, -0.2) is 38.5 Å². The molecule has 0 radical (unpaired) electrons. The van der Waals surface area contributed by atoms with E-state index in [1.807, 2.05) is 31.2 Å². The number of aliphatic carboxylic acids is 1. The molecule has 7 heteroatoms. The van der Waals surface area contributed by atoms with Crippen LogP contribution < -0.4 is 5.32 Å². The summed E-state index contributed by atoms with van der Waals surface area (Å²) in [5.41, 5.74) is 0.00359. The van der Waals surface area contributed by atoms with Crippen molar-refractivity contribution in [2.75, 3.05) is 11.9 Å². The fraction of sp³-hybridized carbons (Fsp3) is 0.308. The van der Waals surface area contributed by atoms with Crippen LogP contribution in [-0.2, 0) is 4.79 Å². The molecule has 0 spiro atoms. The van der Waals surface area contributed by atoms with E-state index in [1.165, 1.54) is 6.92 Å². The lowest BCUT2D eigenvalue weighted by atomic mass is 10.1. The number of anilines is 1. The zero-order valence-electron chi connectivity index (χ0n) is 11.1. The molecule has 0 bridgehead atoms. The van der Waals surface area contributed by atoms with Crippen molar-refractivity contribution in [3.8, 4) is 11.4 Å². The molecule has 0 aliphatic heterocycles. The number of aromatic nitrogens is 2. The Balaban J connectivity index is 2.06. The molecule has 0 amide bonds. The minimum atomic E-state index is -1.90. The summed E-state index contributed by atoms with van der Waals surface area (Å²) in [5, 5.41) is 24.7. The van der Waals surface area contributed by atoms with Crippen LogP contribution in [0.15, 0.2) is 28.8 Å². The number of carboxylic acids is 1. The largest absolute Gasteiger partial charge is 0.479 e. The maximum atomic E-state index is 10.7. The first-order valence-corrected chi connectivity index (χ1v) is 5.99. The fourth-order valence-electron chi connectivity index (χ4n) is 1.44. The molecule has 2 aromatic rings. The van der Waals surface area contributed by atoms with Crippen LogP contribution >= 0.6 is 0 Å². The number of nitrogens with zero attached hydrogens (tertiary/aromatic N) is 2. The molecule has 0 aliphatic carbocycles. The molecule has 0 saturated heterocycles. The molecular weight excluding hydrogens is 262 g/mol. The smallest absolute Gasteiger partial charge is 0.337 e. The van der Waals surface area contributed by atoms with Crippen LogP contribution in [0.1, 0.15) is 12.5 Å². The number of nitrogens with one attached hydrogen (secondary N) is 1. The Kier molecular flexibility index (Phi) is 3.71. The van der Waals surface area contributed by atoms with Crippen LogP contribution in [0.4, 0.5) is 6.01 Å². The van der Waals surface area contributed by atoms with E-state index in [-0.39, 0.29) is 12.6 Å². The summed E-state index contributed by atoms with van der Waals surface area (Å²) in [6, 6.07) is 7.62. The first-order valence-electron chi connectivity index (χ1n) is 5.99. The summed E-state index contributed by atoms with van der Waals surface area (Å²) in [4.78, 5) is 14.8. The zero-order valence-corrected chi connectivity index (χ0v) is 11.1. The molecule has 0 aliphatic rings. The van der Waals surface area contributed by atoms with E-state index in [0.29, 0.717) is 5.82 Å². The molecule has 1 atom stereocenters. The van der Waals surface area contributed by atoms with E-state index in [4.69, 9.17) is 9.63 Å². The minimum Gasteiger partial charge on any atom is -0.479 e. The Bertz CT molecular complexity index is 604. The van der Waals surface area contributed by atoms with Crippen molar-refractivity contribution in [2.45, 2.75) is 19.4 Å². The number of hydrogen-bond acceptors (Lipinski definition) is 6. The highest BCUT2D eigenvalue weighted by Gasteiger charge is 2.30. The Labute approximate surface area is 115 Å². The van der Waals surface area contributed by atoms with Gasteiger partial charge >= 0.3 is 12.0 Å². The number of hydrogen-bond donors (Lipinski definition) is 3. The molecule has 3 N–H and O–H groups in total. The van der Waals surface area contributed by atoms with Gasteiger partial charge in [-0.05, 0) is 13.8 Å². The van der Waals surface area contributed by atoms with Gasteiger partial charge in [0.25, 0.3) is 0 Å². The van der Waals surface area contributed by atoms with Crippen LogP contribution in [0.3, 0.4) is 0 Å². The second-order valence-electron chi connectivity index (χ2n) is 4.72. The average molecular weight is 277 g/mol. The number of carboxylic acid groups (broad SMARTS) is 1. The molecule has 1 aromatic carbocycles. The number of aryl methyl sites for hydroxylation is 1. The topological polar surface area (TPSA) is 108 Å². The van der Waals surface area contributed by atoms with Crippen molar-refractivity contribution >= 4 is 12.0 Å². The Morgan fingerprint density at radius 3 is 2.65 bits per heavy atom. The van der Waals surface area contributed by atoms with Gasteiger partial charge in [0, 0.05) is 5.56 Å². The van der Waals surface area contributed by atoms with Gasteiger partial charge in [-0.2, -0.15) is 4.98 Å². The van der Waals surface area contributed by atoms with E-state index in [0.717, 1.165) is 11.1 Å². The Morgan fingerprint density at radius 2 is 2.05 bits per heavy atom. The molecular formula is C13H15N3O4. The second-order valence-corrected chi connectivity index (χ2v) is 4.72. The third kappa shape index (κ3) is 3.12. The summed E-state index contributed by atoms with van der Waals surface area (Å²) in [5.74, 6) is -0.939. The predicted octanol–water partition coefficient (Wildman–Crippen LogP) is 1.29. The third-order valence-corrected chi connectivity index (χ3v) is 2.78. The SMILES string of the molecule is Cc1ccc(-c2noc(NCC(C)(O)C(=O)O)n2)cc1. The molecule has 7 nitrogen and oxygen atoms in total. The summed E-state index contributed by atoms with van der Waals surface area (Å²) in [6.45, 7) is 2.92. The number of carbonyl (C=O) groups is 1. The van der Waals surface area contributed by atoms with Gasteiger partial charge in [0.15, 0.2) is 5.60 Å². The molecule has 1 unspecified atom stereocenters. The van der Waals surface area contributed by atoms with Crippen molar-refractivity contribution < 1.29 is 19.5 Å². The predicted molar refractivity (Wildman–Crippen MR) is 71.2 cm³/mol. The Hall–Kier alpha value is -2.41. The van der Waals surface area contributed by atoms with Crippen LogP contribution in [0, 0.1) is 6.92 Å². The fourth-order valence-corrected chi connectivity index (χ4v) is 1.44.